The number of rotatable bonds is 3. The molecule has 4 unspecified atom stereocenters. The van der Waals surface area contributed by atoms with Crippen molar-refractivity contribution in [3.63, 3.8) is 0 Å². The first-order valence-electron chi connectivity index (χ1n) is 7.75. The zero-order valence-electron chi connectivity index (χ0n) is 11.4. The van der Waals surface area contributed by atoms with Crippen molar-refractivity contribution in [2.75, 3.05) is 0 Å². The molecule has 2 aliphatic rings. The normalized spacial score (nSPS) is 40.9. The van der Waals surface area contributed by atoms with E-state index in [4.69, 9.17) is 0 Å². The monoisotopic (exact) mass is 222 g/mol. The Kier molecular flexibility index (Phi) is 4.73. The minimum Gasteiger partial charge on any atom is -0.0625 e. The third-order valence-corrected chi connectivity index (χ3v) is 5.28. The second-order valence-corrected chi connectivity index (χ2v) is 6.74. The van der Waals surface area contributed by atoms with E-state index in [2.05, 4.69) is 13.8 Å². The molecule has 2 rings (SSSR count). The Morgan fingerprint density at radius 1 is 0.812 bits per heavy atom. The molecular weight excluding hydrogens is 192 g/mol. The van der Waals surface area contributed by atoms with Gasteiger partial charge in [-0.05, 0) is 36.5 Å². The second-order valence-electron chi connectivity index (χ2n) is 6.74. The lowest BCUT2D eigenvalue weighted by Gasteiger charge is -2.32. The van der Waals surface area contributed by atoms with E-state index in [1.54, 1.807) is 12.8 Å². The molecule has 94 valence electrons. The van der Waals surface area contributed by atoms with Crippen molar-refractivity contribution in [1.29, 1.82) is 0 Å². The van der Waals surface area contributed by atoms with Gasteiger partial charge in [-0.25, -0.2) is 0 Å². The van der Waals surface area contributed by atoms with Crippen molar-refractivity contribution in [2.24, 2.45) is 23.7 Å². The van der Waals surface area contributed by atoms with Gasteiger partial charge in [-0.2, -0.15) is 0 Å². The van der Waals surface area contributed by atoms with E-state index in [1.807, 2.05) is 0 Å². The zero-order valence-corrected chi connectivity index (χ0v) is 11.4. The molecule has 2 fully saturated rings. The first-order valence-corrected chi connectivity index (χ1v) is 7.75. The van der Waals surface area contributed by atoms with Gasteiger partial charge < -0.3 is 0 Å². The molecule has 0 spiro atoms. The molecule has 0 nitrogen and oxygen atoms in total. The van der Waals surface area contributed by atoms with Crippen LogP contribution >= 0.6 is 0 Å². The Hall–Kier alpha value is 0. The summed E-state index contributed by atoms with van der Waals surface area (Å²) in [5.74, 6) is 4.20. The molecule has 4 atom stereocenters. The quantitative estimate of drug-likeness (QED) is 0.598. The minimum absolute atomic E-state index is 1.02. The SMILES string of the molecule is CC1CCCC(CCC2CCCCC2C)C1. The minimum atomic E-state index is 1.02. The third-order valence-electron chi connectivity index (χ3n) is 5.28. The predicted octanol–water partition coefficient (Wildman–Crippen LogP) is 5.42. The Labute approximate surface area is 102 Å². The zero-order chi connectivity index (χ0) is 11.4. The van der Waals surface area contributed by atoms with Crippen LogP contribution in [0.5, 0.6) is 0 Å². The van der Waals surface area contributed by atoms with Crippen LogP contribution in [0.2, 0.25) is 0 Å². The average molecular weight is 222 g/mol. The standard InChI is InChI=1S/C16H30/c1-13-6-5-8-15(12-13)10-11-16-9-4-3-7-14(16)2/h13-16H,3-12H2,1-2H3. The van der Waals surface area contributed by atoms with Crippen LogP contribution in [0.1, 0.15) is 78.1 Å². The molecule has 16 heavy (non-hydrogen) atoms. The highest BCUT2D eigenvalue weighted by Gasteiger charge is 2.24. The van der Waals surface area contributed by atoms with Crippen LogP contribution in [-0.4, -0.2) is 0 Å². The summed E-state index contributed by atoms with van der Waals surface area (Å²) in [5, 5.41) is 0. The maximum atomic E-state index is 2.49. The van der Waals surface area contributed by atoms with E-state index in [9.17, 15) is 0 Å². The summed E-state index contributed by atoms with van der Waals surface area (Å²) in [4.78, 5) is 0. The Morgan fingerprint density at radius 2 is 1.62 bits per heavy atom. The van der Waals surface area contributed by atoms with Crippen LogP contribution < -0.4 is 0 Å². The average Bonchev–Trinajstić information content (AvgIpc) is 2.28. The summed E-state index contributed by atoms with van der Waals surface area (Å²) in [6.07, 6.45) is 15.2. The van der Waals surface area contributed by atoms with E-state index in [-0.39, 0.29) is 0 Å². The smallest absolute Gasteiger partial charge is 0.0388 e. The van der Waals surface area contributed by atoms with Gasteiger partial charge in [-0.15, -0.1) is 0 Å². The van der Waals surface area contributed by atoms with Crippen LogP contribution in [0.4, 0.5) is 0 Å². The van der Waals surface area contributed by atoms with E-state index < -0.39 is 0 Å². The summed E-state index contributed by atoms with van der Waals surface area (Å²) >= 11 is 0. The summed E-state index contributed by atoms with van der Waals surface area (Å²) < 4.78 is 0. The van der Waals surface area contributed by atoms with E-state index in [1.165, 1.54) is 51.4 Å². The fourth-order valence-corrected chi connectivity index (χ4v) is 4.09. The maximum absolute atomic E-state index is 2.49. The van der Waals surface area contributed by atoms with E-state index >= 15 is 0 Å². The Balaban J connectivity index is 1.69. The first kappa shape index (κ1) is 12.5. The van der Waals surface area contributed by atoms with Gasteiger partial charge in [0.1, 0.15) is 0 Å². The first-order chi connectivity index (χ1) is 7.75. The second kappa shape index (κ2) is 6.07. The van der Waals surface area contributed by atoms with Crippen molar-refractivity contribution in [2.45, 2.75) is 78.1 Å². The van der Waals surface area contributed by atoms with Gasteiger partial charge in [0.05, 0.1) is 0 Å². The van der Waals surface area contributed by atoms with Crippen LogP contribution in [0.25, 0.3) is 0 Å². The highest BCUT2D eigenvalue weighted by Crippen LogP contribution is 2.37. The Morgan fingerprint density at radius 3 is 2.38 bits per heavy atom. The third kappa shape index (κ3) is 3.50. The lowest BCUT2D eigenvalue weighted by Crippen LogP contribution is -2.19. The topological polar surface area (TPSA) is 0 Å². The van der Waals surface area contributed by atoms with Crippen LogP contribution in [0, 0.1) is 23.7 Å². The van der Waals surface area contributed by atoms with Gasteiger partial charge in [0.15, 0.2) is 0 Å². The summed E-state index contributed by atoms with van der Waals surface area (Å²) in [5.41, 5.74) is 0. The molecule has 0 heteroatoms. The van der Waals surface area contributed by atoms with Crippen molar-refractivity contribution in [1.82, 2.24) is 0 Å². The summed E-state index contributed by atoms with van der Waals surface area (Å²) in [6.45, 7) is 4.95. The lowest BCUT2D eigenvalue weighted by atomic mass is 9.74. The lowest BCUT2D eigenvalue weighted by molar-refractivity contribution is 0.200. The van der Waals surface area contributed by atoms with Gasteiger partial charge in [-0.1, -0.05) is 65.2 Å². The van der Waals surface area contributed by atoms with Gasteiger partial charge in [-0.3, -0.25) is 0 Å². The van der Waals surface area contributed by atoms with Gasteiger partial charge in [0, 0.05) is 0 Å². The van der Waals surface area contributed by atoms with E-state index in [0.29, 0.717) is 0 Å². The Bertz CT molecular complexity index is 196. The van der Waals surface area contributed by atoms with Crippen molar-refractivity contribution >= 4 is 0 Å². The largest absolute Gasteiger partial charge is 0.0625 e. The molecule has 0 radical (unpaired) electrons. The van der Waals surface area contributed by atoms with Crippen LogP contribution in [0.15, 0.2) is 0 Å². The summed E-state index contributed by atoms with van der Waals surface area (Å²) in [6, 6.07) is 0. The van der Waals surface area contributed by atoms with Gasteiger partial charge in [0.2, 0.25) is 0 Å². The predicted molar refractivity (Wildman–Crippen MR) is 71.5 cm³/mol. The highest BCUT2D eigenvalue weighted by molar-refractivity contribution is 4.76. The number of hydrogen-bond donors (Lipinski definition) is 0. The molecule has 0 heterocycles. The molecule has 0 aromatic carbocycles. The van der Waals surface area contributed by atoms with Crippen molar-refractivity contribution in [3.8, 4) is 0 Å². The van der Waals surface area contributed by atoms with Crippen molar-refractivity contribution in [3.05, 3.63) is 0 Å². The molecule has 0 aromatic rings. The molecular formula is C16H30. The highest BCUT2D eigenvalue weighted by atomic mass is 14.3. The van der Waals surface area contributed by atoms with Crippen molar-refractivity contribution < 1.29 is 0 Å². The van der Waals surface area contributed by atoms with Crippen LogP contribution in [0.3, 0.4) is 0 Å². The summed E-state index contributed by atoms with van der Waals surface area (Å²) in [7, 11) is 0. The molecule has 0 aromatic heterocycles. The van der Waals surface area contributed by atoms with Gasteiger partial charge >= 0.3 is 0 Å². The fourth-order valence-electron chi connectivity index (χ4n) is 4.09. The molecule has 2 saturated carbocycles. The van der Waals surface area contributed by atoms with Crippen LogP contribution in [-0.2, 0) is 0 Å². The molecule has 2 aliphatic carbocycles. The van der Waals surface area contributed by atoms with E-state index in [0.717, 1.165) is 23.7 Å². The molecule has 0 amide bonds. The molecule has 0 saturated heterocycles. The fraction of sp³-hybridized carbons (Fsp3) is 1.00. The maximum Gasteiger partial charge on any atom is -0.0388 e. The molecule has 0 aliphatic heterocycles. The molecule has 0 N–H and O–H groups in total. The molecule has 0 bridgehead atoms. The number of hydrogen-bond acceptors (Lipinski definition) is 0. The van der Waals surface area contributed by atoms with Gasteiger partial charge in [0.25, 0.3) is 0 Å².